The molecule has 0 aliphatic heterocycles. The van der Waals surface area contributed by atoms with Gasteiger partial charge in [-0.15, -0.1) is 0 Å². The molecule has 0 aliphatic carbocycles. The molecule has 3 aromatic rings. The summed E-state index contributed by atoms with van der Waals surface area (Å²) in [6.07, 6.45) is 0. The van der Waals surface area contributed by atoms with Crippen molar-refractivity contribution in [3.8, 4) is 11.5 Å². The molecule has 0 saturated heterocycles. The number of nitrogens with zero attached hydrogens (tertiary/aromatic N) is 3. The number of benzene rings is 1. The summed E-state index contributed by atoms with van der Waals surface area (Å²) in [6.45, 7) is 0. The first-order chi connectivity index (χ1) is 7.83. The lowest BCUT2D eigenvalue weighted by Gasteiger charge is -1.98. The largest absolute Gasteiger partial charge is 0.374 e. The topological polar surface area (TPSA) is 64.7 Å². The maximum absolute atomic E-state index is 5.55. The molecule has 0 spiro atoms. The quantitative estimate of drug-likeness (QED) is 0.694. The summed E-state index contributed by atoms with van der Waals surface area (Å²) in [5.41, 5.74) is 7.24. The van der Waals surface area contributed by atoms with Crippen molar-refractivity contribution in [3.05, 3.63) is 36.4 Å². The first-order valence-corrected chi connectivity index (χ1v) is 5.55. The highest BCUT2D eigenvalue weighted by atomic mass is 32.1. The fourth-order valence-electron chi connectivity index (χ4n) is 1.53. The Morgan fingerprint density at radius 1 is 1.00 bits per heavy atom. The Morgan fingerprint density at radius 3 is 2.69 bits per heavy atom. The summed E-state index contributed by atoms with van der Waals surface area (Å²) < 4.78 is 4.14. The van der Waals surface area contributed by atoms with Gasteiger partial charge in [-0.1, -0.05) is 24.3 Å². The molecule has 0 aliphatic rings. The Bertz CT molecular complexity index is 647. The number of pyridine rings is 1. The minimum atomic E-state index is 0.463. The Kier molecular flexibility index (Phi) is 2.04. The highest BCUT2D eigenvalue weighted by Crippen LogP contribution is 2.20. The number of hydrogen-bond acceptors (Lipinski definition) is 5. The van der Waals surface area contributed by atoms with Gasteiger partial charge in [-0.2, -0.15) is 9.36 Å². The van der Waals surface area contributed by atoms with Gasteiger partial charge in [0.05, 0.1) is 5.52 Å². The van der Waals surface area contributed by atoms with Gasteiger partial charge in [0.15, 0.2) is 11.0 Å². The van der Waals surface area contributed by atoms with Gasteiger partial charge >= 0.3 is 0 Å². The van der Waals surface area contributed by atoms with Crippen LogP contribution in [-0.4, -0.2) is 14.3 Å². The van der Waals surface area contributed by atoms with Crippen LogP contribution in [0.25, 0.3) is 22.4 Å². The number of para-hydroxylation sites is 1. The predicted molar refractivity (Wildman–Crippen MR) is 65.1 cm³/mol. The minimum absolute atomic E-state index is 0.463. The molecule has 0 bridgehead atoms. The molecule has 5 heteroatoms. The van der Waals surface area contributed by atoms with Crippen molar-refractivity contribution in [1.82, 2.24) is 14.3 Å². The third kappa shape index (κ3) is 1.51. The summed E-state index contributed by atoms with van der Waals surface area (Å²) in [6, 6.07) is 11.9. The molecule has 78 valence electrons. The highest BCUT2D eigenvalue weighted by molar-refractivity contribution is 7.09. The average Bonchev–Trinajstić information content (AvgIpc) is 2.75. The van der Waals surface area contributed by atoms with E-state index in [-0.39, 0.29) is 0 Å². The molecule has 0 radical (unpaired) electrons. The zero-order valence-electron chi connectivity index (χ0n) is 8.29. The first kappa shape index (κ1) is 9.23. The van der Waals surface area contributed by atoms with Crippen LogP contribution in [0.5, 0.6) is 0 Å². The molecule has 2 N–H and O–H groups in total. The van der Waals surface area contributed by atoms with Gasteiger partial charge < -0.3 is 5.73 Å². The monoisotopic (exact) mass is 228 g/mol. The second-order valence-electron chi connectivity index (χ2n) is 3.35. The zero-order chi connectivity index (χ0) is 11.0. The van der Waals surface area contributed by atoms with E-state index in [0.717, 1.165) is 16.6 Å². The lowest BCUT2D eigenvalue weighted by atomic mass is 10.2. The van der Waals surface area contributed by atoms with Crippen molar-refractivity contribution in [2.75, 3.05) is 5.73 Å². The second kappa shape index (κ2) is 3.53. The number of rotatable bonds is 1. The van der Waals surface area contributed by atoms with Crippen LogP contribution in [0.1, 0.15) is 0 Å². The molecule has 4 nitrogen and oxygen atoms in total. The van der Waals surface area contributed by atoms with E-state index in [1.54, 1.807) is 0 Å². The van der Waals surface area contributed by atoms with E-state index in [9.17, 15) is 0 Å². The van der Waals surface area contributed by atoms with Crippen LogP contribution < -0.4 is 5.73 Å². The molecule has 3 rings (SSSR count). The maximum atomic E-state index is 5.55. The number of nitrogen functional groups attached to an aromatic ring is 1. The maximum Gasteiger partial charge on any atom is 0.200 e. The Morgan fingerprint density at radius 2 is 1.88 bits per heavy atom. The number of anilines is 1. The summed E-state index contributed by atoms with van der Waals surface area (Å²) >= 11 is 1.18. The average molecular weight is 228 g/mol. The van der Waals surface area contributed by atoms with Gasteiger partial charge in [0.25, 0.3) is 0 Å². The van der Waals surface area contributed by atoms with Gasteiger partial charge in [-0.3, -0.25) is 0 Å². The number of aromatic nitrogens is 3. The third-order valence-electron chi connectivity index (χ3n) is 2.27. The highest BCUT2D eigenvalue weighted by Gasteiger charge is 2.06. The summed E-state index contributed by atoms with van der Waals surface area (Å²) in [7, 11) is 0. The normalized spacial score (nSPS) is 10.8. The predicted octanol–water partition coefficient (Wildman–Crippen LogP) is 2.34. The molecule has 16 heavy (non-hydrogen) atoms. The molecule has 1 aromatic carbocycles. The van der Waals surface area contributed by atoms with Crippen molar-refractivity contribution >= 4 is 27.6 Å². The summed E-state index contributed by atoms with van der Waals surface area (Å²) in [5, 5.41) is 1.57. The van der Waals surface area contributed by atoms with Crippen molar-refractivity contribution in [2.45, 2.75) is 0 Å². The summed E-state index contributed by atoms with van der Waals surface area (Å²) in [5.74, 6) is 0.591. The zero-order valence-corrected chi connectivity index (χ0v) is 9.11. The molecule has 0 unspecified atom stereocenters. The summed E-state index contributed by atoms with van der Waals surface area (Å²) in [4.78, 5) is 8.60. The molecule has 0 amide bonds. The fraction of sp³-hybridized carbons (Fsp3) is 0. The van der Waals surface area contributed by atoms with E-state index >= 15 is 0 Å². The van der Waals surface area contributed by atoms with E-state index in [1.807, 2.05) is 36.4 Å². The van der Waals surface area contributed by atoms with Gasteiger partial charge in [0, 0.05) is 16.9 Å². The lowest BCUT2D eigenvalue weighted by Crippen LogP contribution is -1.88. The second-order valence-corrected chi connectivity index (χ2v) is 4.13. The smallest absolute Gasteiger partial charge is 0.200 e. The first-order valence-electron chi connectivity index (χ1n) is 4.78. The van der Waals surface area contributed by atoms with Crippen LogP contribution in [-0.2, 0) is 0 Å². The minimum Gasteiger partial charge on any atom is -0.374 e. The van der Waals surface area contributed by atoms with Crippen LogP contribution >= 0.6 is 11.5 Å². The van der Waals surface area contributed by atoms with E-state index in [4.69, 9.17) is 5.73 Å². The van der Waals surface area contributed by atoms with Crippen LogP contribution in [0.15, 0.2) is 36.4 Å². The standard InChI is InChI=1S/C11H8N4S/c12-11-14-10(15-16-11)9-6-5-7-3-1-2-4-8(7)13-9/h1-6H,(H2,12,14,15). The van der Waals surface area contributed by atoms with Gasteiger partial charge in [-0.05, 0) is 12.1 Å². The SMILES string of the molecule is Nc1nc(-c2ccc3ccccc3n2)ns1. The molecule has 0 saturated carbocycles. The van der Waals surface area contributed by atoms with E-state index in [2.05, 4.69) is 14.3 Å². The number of nitrogens with two attached hydrogens (primary N) is 1. The Labute approximate surface area is 96.0 Å². The van der Waals surface area contributed by atoms with E-state index in [0.29, 0.717) is 11.0 Å². The van der Waals surface area contributed by atoms with Crippen molar-refractivity contribution in [1.29, 1.82) is 0 Å². The molecule has 2 heterocycles. The Hall–Kier alpha value is -2.01. The van der Waals surface area contributed by atoms with Crippen LogP contribution in [0, 0.1) is 0 Å². The van der Waals surface area contributed by atoms with Crippen molar-refractivity contribution in [3.63, 3.8) is 0 Å². The lowest BCUT2D eigenvalue weighted by molar-refractivity contribution is 1.27. The molecule has 2 aromatic heterocycles. The molecule has 0 fully saturated rings. The van der Waals surface area contributed by atoms with Crippen molar-refractivity contribution in [2.24, 2.45) is 0 Å². The van der Waals surface area contributed by atoms with Crippen LogP contribution in [0.4, 0.5) is 5.13 Å². The fourth-order valence-corrected chi connectivity index (χ4v) is 1.97. The number of fused-ring (bicyclic) bond motifs is 1. The molecular formula is C11H8N4S. The van der Waals surface area contributed by atoms with Gasteiger partial charge in [0.2, 0.25) is 0 Å². The van der Waals surface area contributed by atoms with E-state index in [1.165, 1.54) is 11.5 Å². The van der Waals surface area contributed by atoms with Crippen LogP contribution in [0.3, 0.4) is 0 Å². The van der Waals surface area contributed by atoms with Crippen molar-refractivity contribution < 1.29 is 0 Å². The third-order valence-corrected chi connectivity index (χ3v) is 2.81. The Balaban J connectivity index is 2.18. The van der Waals surface area contributed by atoms with E-state index < -0.39 is 0 Å². The van der Waals surface area contributed by atoms with Gasteiger partial charge in [0.1, 0.15) is 5.69 Å². The van der Waals surface area contributed by atoms with Crippen LogP contribution in [0.2, 0.25) is 0 Å². The molecular weight excluding hydrogens is 220 g/mol. The number of hydrogen-bond donors (Lipinski definition) is 1. The van der Waals surface area contributed by atoms with Gasteiger partial charge in [-0.25, -0.2) is 4.98 Å². The molecule has 0 atom stereocenters.